The number of aromatic nitrogens is 2. The first-order valence-electron chi connectivity index (χ1n) is 5.48. The highest BCUT2D eigenvalue weighted by Gasteiger charge is 2.30. The Labute approximate surface area is 116 Å². The molecule has 0 radical (unpaired) electrons. The Morgan fingerprint density at radius 2 is 2.32 bits per heavy atom. The molecule has 0 saturated heterocycles. The van der Waals surface area contributed by atoms with Crippen molar-refractivity contribution >= 4 is 27.5 Å². The molecule has 1 aromatic rings. The zero-order chi connectivity index (χ0) is 14.6. The zero-order valence-corrected chi connectivity index (χ0v) is 12.2. The van der Waals surface area contributed by atoms with Gasteiger partial charge in [-0.05, 0) is 6.42 Å². The van der Waals surface area contributed by atoms with Crippen LogP contribution in [0.4, 0.5) is 0 Å². The van der Waals surface area contributed by atoms with E-state index < -0.39 is 10.0 Å². The zero-order valence-electron chi connectivity index (χ0n) is 10.6. The molecule has 0 saturated carbocycles. The van der Waals surface area contributed by atoms with Gasteiger partial charge in [0.1, 0.15) is 0 Å². The highest BCUT2D eigenvalue weighted by atomic mass is 35.5. The Hall–Kier alpha value is -1.32. The van der Waals surface area contributed by atoms with Crippen LogP contribution in [-0.2, 0) is 17.1 Å². The number of oxime groups is 1. The van der Waals surface area contributed by atoms with Crippen LogP contribution in [0.3, 0.4) is 0 Å². The quantitative estimate of drug-likeness (QED) is 0.338. The van der Waals surface area contributed by atoms with Gasteiger partial charge in [-0.1, -0.05) is 23.7 Å². The smallest absolute Gasteiger partial charge is 0.262 e. The predicted octanol–water partition coefficient (Wildman–Crippen LogP) is 0.221. The maximum atomic E-state index is 12.5. The van der Waals surface area contributed by atoms with Crippen LogP contribution >= 0.6 is 11.6 Å². The van der Waals surface area contributed by atoms with E-state index in [4.69, 9.17) is 22.5 Å². The number of hydrogen-bond donors (Lipinski definition) is 2. The Morgan fingerprint density at radius 1 is 1.68 bits per heavy atom. The molecule has 10 heteroatoms. The normalized spacial score (nSPS) is 13.2. The number of hydrogen-bond acceptors (Lipinski definition) is 5. The topological polar surface area (TPSA) is 114 Å². The third kappa shape index (κ3) is 3.37. The standard InChI is InChI=1S/C9H16ClN5O3S/c1-3-4-15(6-8(11)13-16)19(17,18)9-7(10)5-12-14(9)2/h5,16H,3-4,6H2,1-2H3,(H2,11,13). The van der Waals surface area contributed by atoms with Crippen molar-refractivity contribution in [1.82, 2.24) is 14.1 Å². The summed E-state index contributed by atoms with van der Waals surface area (Å²) in [7, 11) is -2.38. The third-order valence-corrected chi connectivity index (χ3v) is 4.72. The molecule has 19 heavy (non-hydrogen) atoms. The highest BCUT2D eigenvalue weighted by Crippen LogP contribution is 2.23. The number of sulfonamides is 1. The van der Waals surface area contributed by atoms with Gasteiger partial charge in [-0.25, -0.2) is 8.42 Å². The maximum Gasteiger partial charge on any atom is 0.262 e. The second-order valence-corrected chi connectivity index (χ2v) is 6.11. The van der Waals surface area contributed by atoms with Crippen LogP contribution in [0.25, 0.3) is 0 Å². The first-order chi connectivity index (χ1) is 8.84. The van der Waals surface area contributed by atoms with Crippen LogP contribution < -0.4 is 5.73 Å². The van der Waals surface area contributed by atoms with Crippen molar-refractivity contribution in [2.45, 2.75) is 18.4 Å². The number of aryl methyl sites for hydroxylation is 1. The van der Waals surface area contributed by atoms with Gasteiger partial charge < -0.3 is 10.9 Å². The number of rotatable bonds is 6. The minimum Gasteiger partial charge on any atom is -0.409 e. The Balaban J connectivity index is 3.20. The predicted molar refractivity (Wildman–Crippen MR) is 70.7 cm³/mol. The molecule has 0 aliphatic heterocycles. The van der Waals surface area contributed by atoms with Gasteiger partial charge in [0, 0.05) is 13.6 Å². The summed E-state index contributed by atoms with van der Waals surface area (Å²) in [5.41, 5.74) is 5.37. The monoisotopic (exact) mass is 309 g/mol. The lowest BCUT2D eigenvalue weighted by atomic mass is 10.4. The molecule has 0 aliphatic rings. The van der Waals surface area contributed by atoms with Crippen LogP contribution in [0, 0.1) is 0 Å². The lowest BCUT2D eigenvalue weighted by molar-refractivity contribution is 0.314. The maximum absolute atomic E-state index is 12.5. The van der Waals surface area contributed by atoms with E-state index in [2.05, 4.69) is 10.3 Å². The minimum absolute atomic E-state index is 0.0307. The average molecular weight is 310 g/mol. The second-order valence-electron chi connectivity index (χ2n) is 3.85. The van der Waals surface area contributed by atoms with E-state index in [1.165, 1.54) is 17.9 Å². The molecule has 0 atom stereocenters. The van der Waals surface area contributed by atoms with Crippen LogP contribution in [0.1, 0.15) is 13.3 Å². The summed E-state index contributed by atoms with van der Waals surface area (Å²) < 4.78 is 27.2. The molecule has 0 spiro atoms. The SMILES string of the molecule is CCCN(CC(N)=NO)S(=O)(=O)c1c(Cl)cnn1C. The summed E-state index contributed by atoms with van der Waals surface area (Å²) in [4.78, 5) is 0. The van der Waals surface area contributed by atoms with Gasteiger partial charge in [-0.3, -0.25) is 4.68 Å². The molecule has 1 rings (SSSR count). The summed E-state index contributed by atoms with van der Waals surface area (Å²) in [6.07, 6.45) is 1.83. The molecule has 1 aromatic heterocycles. The van der Waals surface area contributed by atoms with Crippen molar-refractivity contribution < 1.29 is 13.6 Å². The van der Waals surface area contributed by atoms with Crippen molar-refractivity contribution in [1.29, 1.82) is 0 Å². The number of halogens is 1. The molecule has 0 aliphatic carbocycles. The van der Waals surface area contributed by atoms with E-state index in [0.717, 1.165) is 4.31 Å². The van der Waals surface area contributed by atoms with Gasteiger partial charge in [-0.2, -0.15) is 9.40 Å². The average Bonchev–Trinajstić information content (AvgIpc) is 2.68. The Bertz CT molecular complexity index is 549. The lowest BCUT2D eigenvalue weighted by Crippen LogP contribution is -2.39. The van der Waals surface area contributed by atoms with E-state index in [-0.39, 0.29) is 29.0 Å². The van der Waals surface area contributed by atoms with Gasteiger partial charge in [0.25, 0.3) is 10.0 Å². The minimum atomic E-state index is -3.86. The molecule has 8 nitrogen and oxygen atoms in total. The van der Waals surface area contributed by atoms with Crippen molar-refractivity contribution in [3.63, 3.8) is 0 Å². The van der Waals surface area contributed by atoms with Gasteiger partial charge in [0.2, 0.25) is 0 Å². The molecular weight excluding hydrogens is 294 g/mol. The van der Waals surface area contributed by atoms with Crippen molar-refractivity contribution in [3.05, 3.63) is 11.2 Å². The summed E-state index contributed by atoms with van der Waals surface area (Å²) in [5.74, 6) is -0.199. The molecule has 0 bridgehead atoms. The number of amidine groups is 1. The molecule has 108 valence electrons. The van der Waals surface area contributed by atoms with Crippen LogP contribution in [0.2, 0.25) is 5.02 Å². The lowest BCUT2D eigenvalue weighted by Gasteiger charge is -2.20. The van der Waals surface area contributed by atoms with Gasteiger partial charge in [0.05, 0.1) is 17.8 Å². The van der Waals surface area contributed by atoms with E-state index in [0.29, 0.717) is 6.42 Å². The van der Waals surface area contributed by atoms with Crippen molar-refractivity contribution in [2.24, 2.45) is 17.9 Å². The Morgan fingerprint density at radius 3 is 2.74 bits per heavy atom. The molecule has 0 aromatic carbocycles. The molecule has 0 unspecified atom stereocenters. The van der Waals surface area contributed by atoms with Crippen LogP contribution in [-0.4, -0.2) is 46.6 Å². The summed E-state index contributed by atoms with van der Waals surface area (Å²) in [6, 6.07) is 0. The summed E-state index contributed by atoms with van der Waals surface area (Å²) in [5, 5.41) is 15.0. The van der Waals surface area contributed by atoms with Gasteiger partial charge in [0.15, 0.2) is 10.9 Å². The van der Waals surface area contributed by atoms with Crippen molar-refractivity contribution in [2.75, 3.05) is 13.1 Å². The fourth-order valence-corrected chi connectivity index (χ4v) is 3.67. The van der Waals surface area contributed by atoms with Gasteiger partial charge >= 0.3 is 0 Å². The largest absolute Gasteiger partial charge is 0.409 e. The number of nitrogens with zero attached hydrogens (tertiary/aromatic N) is 4. The third-order valence-electron chi connectivity index (χ3n) is 2.37. The van der Waals surface area contributed by atoms with E-state index in [1.807, 2.05) is 6.92 Å². The first kappa shape index (κ1) is 15.7. The molecule has 1 heterocycles. The van der Waals surface area contributed by atoms with Crippen molar-refractivity contribution in [3.8, 4) is 0 Å². The van der Waals surface area contributed by atoms with Crippen LogP contribution in [0.15, 0.2) is 16.4 Å². The van der Waals surface area contributed by atoms with E-state index in [1.54, 1.807) is 0 Å². The Kier molecular flexibility index (Phi) is 5.15. The van der Waals surface area contributed by atoms with E-state index in [9.17, 15) is 8.42 Å². The summed E-state index contributed by atoms with van der Waals surface area (Å²) >= 11 is 5.84. The fourth-order valence-electron chi connectivity index (χ4n) is 1.56. The van der Waals surface area contributed by atoms with Crippen LogP contribution in [0.5, 0.6) is 0 Å². The molecular formula is C9H16ClN5O3S. The fraction of sp³-hybridized carbons (Fsp3) is 0.556. The first-order valence-corrected chi connectivity index (χ1v) is 7.30. The highest BCUT2D eigenvalue weighted by molar-refractivity contribution is 7.89. The molecule has 0 fully saturated rings. The molecule has 3 N–H and O–H groups in total. The van der Waals surface area contributed by atoms with Gasteiger partial charge in [-0.15, -0.1) is 0 Å². The second kappa shape index (κ2) is 6.22. The summed E-state index contributed by atoms with van der Waals surface area (Å²) in [6.45, 7) is 1.83. The molecule has 0 amide bonds. The van der Waals surface area contributed by atoms with E-state index >= 15 is 0 Å². The number of nitrogens with two attached hydrogens (primary N) is 1.